The van der Waals surface area contributed by atoms with E-state index in [9.17, 15) is 0 Å². The third-order valence-corrected chi connectivity index (χ3v) is 2.76. The highest BCUT2D eigenvalue weighted by molar-refractivity contribution is 5.49. The molecule has 0 aromatic carbocycles. The Hall–Kier alpha value is -1.09. The fourth-order valence-electron chi connectivity index (χ4n) is 1.74. The first kappa shape index (κ1) is 14.0. The molecule has 1 aromatic heterocycles. The highest BCUT2D eigenvalue weighted by Crippen LogP contribution is 2.09. The Morgan fingerprint density at radius 2 is 2.24 bits per heavy atom. The smallest absolute Gasteiger partial charge is 0.0609 e. The fraction of sp³-hybridized carbons (Fsp3) is 0.643. The minimum atomic E-state index is 0.703. The van der Waals surface area contributed by atoms with Gasteiger partial charge in [-0.05, 0) is 37.9 Å². The second-order valence-corrected chi connectivity index (χ2v) is 4.75. The Balaban J connectivity index is 2.60. The average molecular weight is 235 g/mol. The van der Waals surface area contributed by atoms with Gasteiger partial charge in [-0.2, -0.15) is 5.10 Å². The molecule has 1 rings (SSSR count). The molecule has 0 amide bonds. The van der Waals surface area contributed by atoms with Crippen molar-refractivity contribution in [1.29, 1.82) is 0 Å². The summed E-state index contributed by atoms with van der Waals surface area (Å²) in [6, 6.07) is 2.07. The highest BCUT2D eigenvalue weighted by Gasteiger charge is 2.00. The zero-order valence-corrected chi connectivity index (χ0v) is 11.5. The Kier molecular flexibility index (Phi) is 5.98. The van der Waals surface area contributed by atoms with Crippen LogP contribution in [0.4, 0.5) is 0 Å². The van der Waals surface area contributed by atoms with Gasteiger partial charge >= 0.3 is 0 Å². The van der Waals surface area contributed by atoms with Gasteiger partial charge in [0.05, 0.1) is 5.69 Å². The summed E-state index contributed by atoms with van der Waals surface area (Å²) in [6.07, 6.45) is 5.20. The summed E-state index contributed by atoms with van der Waals surface area (Å²) in [6.45, 7) is 11.8. The molecule has 1 heterocycles. The number of aromatic nitrogens is 2. The van der Waals surface area contributed by atoms with E-state index in [-0.39, 0.29) is 0 Å². The monoisotopic (exact) mass is 235 g/mol. The van der Waals surface area contributed by atoms with Gasteiger partial charge in [0.25, 0.3) is 0 Å². The third-order valence-electron chi connectivity index (χ3n) is 2.76. The van der Waals surface area contributed by atoms with E-state index in [0.29, 0.717) is 5.92 Å². The highest BCUT2D eigenvalue weighted by atomic mass is 15.3. The molecule has 0 atom stereocenters. The van der Waals surface area contributed by atoms with Crippen LogP contribution >= 0.6 is 0 Å². The van der Waals surface area contributed by atoms with E-state index in [4.69, 9.17) is 0 Å². The van der Waals surface area contributed by atoms with E-state index >= 15 is 0 Å². The van der Waals surface area contributed by atoms with Crippen LogP contribution in [-0.2, 0) is 6.54 Å². The van der Waals surface area contributed by atoms with Gasteiger partial charge in [-0.3, -0.25) is 4.68 Å². The van der Waals surface area contributed by atoms with Gasteiger partial charge in [-0.15, -0.1) is 0 Å². The van der Waals surface area contributed by atoms with Crippen molar-refractivity contribution in [3.63, 3.8) is 0 Å². The van der Waals surface area contributed by atoms with Crippen LogP contribution in [0.1, 0.15) is 39.8 Å². The lowest BCUT2D eigenvalue weighted by molar-refractivity contribution is 0.569. The molecule has 96 valence electrons. The van der Waals surface area contributed by atoms with Crippen molar-refractivity contribution in [1.82, 2.24) is 15.1 Å². The Bertz CT molecular complexity index is 350. The molecule has 0 saturated heterocycles. The van der Waals surface area contributed by atoms with Crippen LogP contribution in [0.25, 0.3) is 6.08 Å². The van der Waals surface area contributed by atoms with E-state index in [1.54, 1.807) is 0 Å². The van der Waals surface area contributed by atoms with Gasteiger partial charge in [0, 0.05) is 19.3 Å². The number of hydrogen-bond donors (Lipinski definition) is 1. The molecule has 3 heteroatoms. The van der Waals surface area contributed by atoms with Crippen LogP contribution in [0.3, 0.4) is 0 Å². The maximum absolute atomic E-state index is 4.28. The van der Waals surface area contributed by atoms with E-state index in [0.717, 1.165) is 26.1 Å². The quantitative estimate of drug-likeness (QED) is 0.787. The van der Waals surface area contributed by atoms with Crippen molar-refractivity contribution in [2.45, 2.75) is 40.7 Å². The van der Waals surface area contributed by atoms with Crippen LogP contribution in [-0.4, -0.2) is 22.9 Å². The predicted octanol–water partition coefficient (Wildman–Crippen LogP) is 2.94. The van der Waals surface area contributed by atoms with E-state index in [2.05, 4.69) is 50.3 Å². The number of hydrogen-bond acceptors (Lipinski definition) is 2. The Morgan fingerprint density at radius 1 is 1.47 bits per heavy atom. The van der Waals surface area contributed by atoms with Crippen molar-refractivity contribution in [2.24, 2.45) is 5.92 Å². The van der Waals surface area contributed by atoms with Gasteiger partial charge in [0.2, 0.25) is 0 Å². The molecular weight excluding hydrogens is 210 g/mol. The molecule has 0 aliphatic carbocycles. The van der Waals surface area contributed by atoms with Crippen LogP contribution in [0.5, 0.6) is 0 Å². The van der Waals surface area contributed by atoms with Crippen LogP contribution in [0.15, 0.2) is 17.8 Å². The number of rotatable bonds is 7. The number of aryl methyl sites for hydroxylation is 1. The van der Waals surface area contributed by atoms with E-state index < -0.39 is 0 Å². The lowest BCUT2D eigenvalue weighted by Gasteiger charge is -2.10. The van der Waals surface area contributed by atoms with Crippen LogP contribution < -0.4 is 5.32 Å². The molecular formula is C14H25N3. The molecule has 0 saturated carbocycles. The van der Waals surface area contributed by atoms with Crippen molar-refractivity contribution >= 4 is 6.08 Å². The normalized spacial score (nSPS) is 12.4. The molecule has 1 aromatic rings. The van der Waals surface area contributed by atoms with Gasteiger partial charge in [-0.25, -0.2) is 0 Å². The second-order valence-electron chi connectivity index (χ2n) is 4.75. The summed E-state index contributed by atoms with van der Waals surface area (Å²) in [5, 5.41) is 7.77. The molecule has 0 aliphatic heterocycles. The summed E-state index contributed by atoms with van der Waals surface area (Å²) in [4.78, 5) is 0. The van der Waals surface area contributed by atoms with Gasteiger partial charge < -0.3 is 5.32 Å². The first-order valence-electron chi connectivity index (χ1n) is 6.59. The SMILES string of the molecule is CCC(=Cc1ccnn1CC)CNCC(C)C. The topological polar surface area (TPSA) is 29.9 Å². The second kappa shape index (κ2) is 7.28. The standard InChI is InChI=1S/C14H25N3/c1-5-13(11-15-10-12(3)4)9-14-7-8-16-17(14)6-2/h7-9,12,15H,5-6,10-11H2,1-4H3. The molecule has 0 aliphatic rings. The number of nitrogens with one attached hydrogen (secondary N) is 1. The largest absolute Gasteiger partial charge is 0.313 e. The van der Waals surface area contributed by atoms with Gasteiger partial charge in [0.15, 0.2) is 0 Å². The molecule has 3 nitrogen and oxygen atoms in total. The van der Waals surface area contributed by atoms with E-state index in [1.807, 2.05) is 10.9 Å². The lowest BCUT2D eigenvalue weighted by Crippen LogP contribution is -2.22. The number of nitrogens with zero attached hydrogens (tertiary/aromatic N) is 2. The van der Waals surface area contributed by atoms with Crippen molar-refractivity contribution in [2.75, 3.05) is 13.1 Å². The third kappa shape index (κ3) is 4.73. The van der Waals surface area contributed by atoms with E-state index in [1.165, 1.54) is 11.3 Å². The predicted molar refractivity (Wildman–Crippen MR) is 73.9 cm³/mol. The summed E-state index contributed by atoms with van der Waals surface area (Å²) >= 11 is 0. The Morgan fingerprint density at radius 3 is 2.82 bits per heavy atom. The van der Waals surface area contributed by atoms with Crippen LogP contribution in [0.2, 0.25) is 0 Å². The maximum Gasteiger partial charge on any atom is 0.0609 e. The minimum absolute atomic E-state index is 0.703. The first-order chi connectivity index (χ1) is 8.17. The first-order valence-corrected chi connectivity index (χ1v) is 6.59. The molecule has 0 radical (unpaired) electrons. The Labute approximate surface area is 105 Å². The summed E-state index contributed by atoms with van der Waals surface area (Å²) in [5.74, 6) is 0.703. The maximum atomic E-state index is 4.28. The summed E-state index contributed by atoms with van der Waals surface area (Å²) in [7, 11) is 0. The van der Waals surface area contributed by atoms with Crippen molar-refractivity contribution in [3.8, 4) is 0 Å². The molecule has 0 spiro atoms. The summed E-state index contributed by atoms with van der Waals surface area (Å²) < 4.78 is 2.03. The molecule has 17 heavy (non-hydrogen) atoms. The average Bonchev–Trinajstić information content (AvgIpc) is 2.74. The van der Waals surface area contributed by atoms with Crippen LogP contribution in [0, 0.1) is 5.92 Å². The zero-order valence-electron chi connectivity index (χ0n) is 11.5. The fourth-order valence-corrected chi connectivity index (χ4v) is 1.74. The lowest BCUT2D eigenvalue weighted by atomic mass is 10.1. The van der Waals surface area contributed by atoms with Crippen molar-refractivity contribution < 1.29 is 0 Å². The van der Waals surface area contributed by atoms with Gasteiger partial charge in [-0.1, -0.05) is 26.3 Å². The van der Waals surface area contributed by atoms with Gasteiger partial charge in [0.1, 0.15) is 0 Å². The zero-order chi connectivity index (χ0) is 12.7. The van der Waals surface area contributed by atoms with Crippen molar-refractivity contribution in [3.05, 3.63) is 23.5 Å². The molecule has 0 bridgehead atoms. The molecule has 1 N–H and O–H groups in total. The summed E-state index contributed by atoms with van der Waals surface area (Å²) in [5.41, 5.74) is 2.64. The minimum Gasteiger partial charge on any atom is -0.313 e. The molecule has 0 unspecified atom stereocenters. The molecule has 0 fully saturated rings.